The summed E-state index contributed by atoms with van der Waals surface area (Å²) in [6.45, 7) is 7.84. The molecular weight excluding hydrogens is 280 g/mol. The van der Waals surface area contributed by atoms with E-state index >= 15 is 0 Å². The Morgan fingerprint density at radius 2 is 1.90 bits per heavy atom. The van der Waals surface area contributed by atoms with Crippen LogP contribution in [0.4, 0.5) is 0 Å². The minimum atomic E-state index is -0.576. The summed E-state index contributed by atoms with van der Waals surface area (Å²) in [4.78, 5) is 11.9. The van der Waals surface area contributed by atoms with Gasteiger partial charge in [0.05, 0.1) is 6.10 Å². The molecule has 0 saturated carbocycles. The molecule has 0 aliphatic heterocycles. The molecule has 0 fully saturated rings. The lowest BCUT2D eigenvalue weighted by Crippen LogP contribution is -2.12. The van der Waals surface area contributed by atoms with Gasteiger partial charge >= 0.3 is 0 Å². The molecule has 0 bridgehead atoms. The highest BCUT2D eigenvalue weighted by atomic mass is 32.2. The smallest absolute Gasteiger partial charge is 0.215 e. The van der Waals surface area contributed by atoms with Gasteiger partial charge in [0.15, 0.2) is 0 Å². The first kappa shape index (κ1) is 17.7. The maximum absolute atomic E-state index is 11.9. The Kier molecular flexibility index (Phi) is 6.93. The molecule has 1 rings (SSSR count). The largest absolute Gasteiger partial charge is 0.389 e. The van der Waals surface area contributed by atoms with Crippen molar-refractivity contribution in [1.29, 1.82) is 0 Å². The van der Waals surface area contributed by atoms with E-state index in [4.69, 9.17) is 0 Å². The lowest BCUT2D eigenvalue weighted by atomic mass is 10.1. The molecule has 114 valence electrons. The number of benzene rings is 1. The molecule has 1 aromatic carbocycles. The number of hydrogen-bond acceptors (Lipinski definition) is 3. The van der Waals surface area contributed by atoms with Crippen molar-refractivity contribution in [3.8, 4) is 0 Å². The lowest BCUT2D eigenvalue weighted by Gasteiger charge is -2.16. The second kappa shape index (κ2) is 8.20. The van der Waals surface area contributed by atoms with Crippen LogP contribution in [0.3, 0.4) is 0 Å². The maximum Gasteiger partial charge on any atom is 0.215 e. The van der Waals surface area contributed by atoms with E-state index in [0.29, 0.717) is 12.0 Å². The number of rotatable bonds is 5. The van der Waals surface area contributed by atoms with E-state index < -0.39 is 6.10 Å². The molecule has 0 unspecified atom stereocenters. The first-order chi connectivity index (χ1) is 9.78. The molecule has 0 aromatic heterocycles. The van der Waals surface area contributed by atoms with Gasteiger partial charge < -0.3 is 5.11 Å². The highest BCUT2D eigenvalue weighted by Crippen LogP contribution is 2.26. The fraction of sp³-hybridized carbons (Fsp3) is 0.389. The van der Waals surface area contributed by atoms with Crippen LogP contribution in [-0.2, 0) is 4.79 Å². The average molecular weight is 304 g/mol. The van der Waals surface area contributed by atoms with Crippen LogP contribution >= 0.6 is 11.8 Å². The van der Waals surface area contributed by atoms with Crippen LogP contribution in [0.15, 0.2) is 48.1 Å². The zero-order valence-electron chi connectivity index (χ0n) is 13.2. The number of carbonyl (C=O) groups excluding carboxylic acids is 1. The first-order valence-electron chi connectivity index (χ1n) is 7.09. The Bertz CT molecular complexity index is 510. The van der Waals surface area contributed by atoms with Crippen LogP contribution in [0, 0.1) is 0 Å². The van der Waals surface area contributed by atoms with Crippen LogP contribution in [0.25, 0.3) is 6.08 Å². The zero-order valence-corrected chi connectivity index (χ0v) is 14.0. The van der Waals surface area contributed by atoms with Crippen molar-refractivity contribution >= 4 is 23.0 Å². The molecule has 21 heavy (non-hydrogen) atoms. The van der Waals surface area contributed by atoms with Gasteiger partial charge in [-0.15, -0.1) is 0 Å². The van der Waals surface area contributed by atoms with Gasteiger partial charge in [-0.25, -0.2) is 0 Å². The molecule has 0 radical (unpaired) electrons. The van der Waals surface area contributed by atoms with Gasteiger partial charge in [-0.05, 0) is 24.5 Å². The van der Waals surface area contributed by atoms with E-state index in [2.05, 4.69) is 0 Å². The zero-order chi connectivity index (χ0) is 15.9. The molecule has 1 N–H and O–H groups in total. The summed E-state index contributed by atoms with van der Waals surface area (Å²) in [6.07, 6.45) is 5.32. The van der Waals surface area contributed by atoms with E-state index in [1.165, 1.54) is 11.8 Å². The van der Waals surface area contributed by atoms with Gasteiger partial charge in [-0.2, -0.15) is 0 Å². The van der Waals surface area contributed by atoms with Crippen LogP contribution in [0.1, 0.15) is 39.7 Å². The summed E-state index contributed by atoms with van der Waals surface area (Å²) in [5.74, 6) is 0. The van der Waals surface area contributed by atoms with E-state index in [1.54, 1.807) is 19.1 Å². The standard InChI is InChI=1S/C18H24O2S/c1-14(17(20)21-18(2,3)4)10-12-16(19)13-11-15-8-6-5-7-9-15/h5-11,13,16,19H,12H2,1-4H3/b13-11+,14-10+/t16-/m0/s1. The summed E-state index contributed by atoms with van der Waals surface area (Å²) in [7, 11) is 0. The molecule has 1 atom stereocenters. The monoisotopic (exact) mass is 304 g/mol. The number of hydrogen-bond donors (Lipinski definition) is 1. The third kappa shape index (κ3) is 7.88. The Labute approximate surface area is 132 Å². The molecule has 1 aromatic rings. The lowest BCUT2D eigenvalue weighted by molar-refractivity contribution is -0.107. The van der Waals surface area contributed by atoms with Gasteiger partial charge in [0.25, 0.3) is 0 Å². The highest BCUT2D eigenvalue weighted by molar-refractivity contribution is 8.15. The van der Waals surface area contributed by atoms with Crippen molar-refractivity contribution in [1.82, 2.24) is 0 Å². The predicted octanol–water partition coefficient (Wildman–Crippen LogP) is 4.46. The van der Waals surface area contributed by atoms with Gasteiger partial charge in [-0.3, -0.25) is 4.79 Å². The Morgan fingerprint density at radius 1 is 1.29 bits per heavy atom. The molecular formula is C18H24O2S. The third-order valence-corrected chi connectivity index (χ3v) is 3.82. The quantitative estimate of drug-likeness (QED) is 0.816. The Morgan fingerprint density at radius 3 is 2.48 bits per heavy atom. The minimum absolute atomic E-state index is 0.0711. The summed E-state index contributed by atoms with van der Waals surface area (Å²) >= 11 is 1.32. The predicted molar refractivity (Wildman–Crippen MR) is 92.2 cm³/mol. The number of carbonyl (C=O) groups is 1. The topological polar surface area (TPSA) is 37.3 Å². The van der Waals surface area contributed by atoms with Crippen LogP contribution in [0.2, 0.25) is 0 Å². The molecule has 0 aliphatic rings. The van der Waals surface area contributed by atoms with Gasteiger partial charge in [0.1, 0.15) is 0 Å². The number of aliphatic hydroxyl groups is 1. The SMILES string of the molecule is C/C(=C\C[C@H](O)/C=C/c1ccccc1)C(=O)SC(C)(C)C. The second-order valence-electron chi connectivity index (χ2n) is 5.96. The van der Waals surface area contributed by atoms with Crippen molar-refractivity contribution in [2.45, 2.75) is 45.0 Å². The number of aliphatic hydroxyl groups excluding tert-OH is 1. The van der Waals surface area contributed by atoms with E-state index in [9.17, 15) is 9.90 Å². The Hall–Kier alpha value is -1.32. The first-order valence-corrected chi connectivity index (χ1v) is 7.91. The average Bonchev–Trinajstić information content (AvgIpc) is 2.41. The molecule has 3 heteroatoms. The maximum atomic E-state index is 11.9. The van der Waals surface area contributed by atoms with Gasteiger partial charge in [-0.1, -0.05) is 81.1 Å². The molecule has 0 aliphatic carbocycles. The fourth-order valence-electron chi connectivity index (χ4n) is 1.60. The van der Waals surface area contributed by atoms with Crippen molar-refractivity contribution in [3.05, 3.63) is 53.6 Å². The van der Waals surface area contributed by atoms with Crippen LogP contribution in [0.5, 0.6) is 0 Å². The molecule has 0 heterocycles. The number of thioether (sulfide) groups is 1. The summed E-state index contributed by atoms with van der Waals surface area (Å²) < 4.78 is -0.0853. The van der Waals surface area contributed by atoms with Crippen molar-refractivity contribution in [2.75, 3.05) is 0 Å². The van der Waals surface area contributed by atoms with Crippen molar-refractivity contribution in [2.24, 2.45) is 0 Å². The normalized spacial score (nSPS) is 14.4. The third-order valence-electron chi connectivity index (χ3n) is 2.70. The van der Waals surface area contributed by atoms with Crippen molar-refractivity contribution in [3.63, 3.8) is 0 Å². The van der Waals surface area contributed by atoms with Crippen LogP contribution < -0.4 is 0 Å². The summed E-state index contributed by atoms with van der Waals surface area (Å²) in [5.41, 5.74) is 1.75. The van der Waals surface area contributed by atoms with Gasteiger partial charge in [0.2, 0.25) is 5.12 Å². The minimum Gasteiger partial charge on any atom is -0.389 e. The summed E-state index contributed by atoms with van der Waals surface area (Å²) in [6, 6.07) is 9.83. The molecule has 0 amide bonds. The molecule has 0 spiro atoms. The fourth-order valence-corrected chi connectivity index (χ4v) is 2.40. The van der Waals surface area contributed by atoms with E-state index in [-0.39, 0.29) is 9.86 Å². The van der Waals surface area contributed by atoms with Crippen molar-refractivity contribution < 1.29 is 9.90 Å². The van der Waals surface area contributed by atoms with Crippen LogP contribution in [-0.4, -0.2) is 21.1 Å². The summed E-state index contributed by atoms with van der Waals surface area (Å²) in [5, 5.41) is 10.00. The molecule has 0 saturated heterocycles. The second-order valence-corrected chi connectivity index (χ2v) is 7.76. The van der Waals surface area contributed by atoms with E-state index in [1.807, 2.05) is 57.2 Å². The Balaban J connectivity index is 2.51. The van der Waals surface area contributed by atoms with Gasteiger partial charge in [0, 0.05) is 4.75 Å². The van der Waals surface area contributed by atoms with E-state index in [0.717, 1.165) is 5.56 Å². The molecule has 2 nitrogen and oxygen atoms in total. The highest BCUT2D eigenvalue weighted by Gasteiger charge is 2.17.